The Labute approximate surface area is 170 Å². The molecular formula is C23H50N2O2. The predicted octanol–water partition coefficient (Wildman–Crippen LogP) is 6.28. The van der Waals surface area contributed by atoms with Crippen molar-refractivity contribution in [3.05, 3.63) is 0 Å². The number of aliphatic carboxylic acids is 1. The van der Waals surface area contributed by atoms with Gasteiger partial charge in [-0.15, -0.1) is 0 Å². The van der Waals surface area contributed by atoms with Gasteiger partial charge in [0.25, 0.3) is 0 Å². The number of nitrogens with one attached hydrogen (secondary N) is 1. The summed E-state index contributed by atoms with van der Waals surface area (Å²) in [5.74, 6) is -0.655. The maximum Gasteiger partial charge on any atom is 0.303 e. The van der Waals surface area contributed by atoms with Gasteiger partial charge in [-0.25, -0.2) is 0 Å². The van der Waals surface area contributed by atoms with Gasteiger partial charge >= 0.3 is 5.97 Å². The molecule has 0 rings (SSSR count). The summed E-state index contributed by atoms with van der Waals surface area (Å²) in [5, 5.41) is 11.8. The first kappa shape index (κ1) is 28.6. The van der Waals surface area contributed by atoms with Gasteiger partial charge in [-0.05, 0) is 39.3 Å². The first-order valence-electron chi connectivity index (χ1n) is 11.7. The van der Waals surface area contributed by atoms with Crippen LogP contribution in [0, 0.1) is 0 Å². The van der Waals surface area contributed by atoms with E-state index in [-0.39, 0.29) is 0 Å². The van der Waals surface area contributed by atoms with Crippen LogP contribution in [-0.4, -0.2) is 30.2 Å². The number of carbonyl (C=O) groups is 1. The van der Waals surface area contributed by atoms with Crippen LogP contribution in [0.1, 0.15) is 124 Å². The van der Waals surface area contributed by atoms with Gasteiger partial charge in [-0.1, -0.05) is 90.9 Å². The maximum atomic E-state index is 10.3. The molecule has 0 saturated heterocycles. The Hall–Kier alpha value is -0.610. The van der Waals surface area contributed by atoms with Gasteiger partial charge in [-0.3, -0.25) is 4.79 Å². The van der Waals surface area contributed by atoms with Crippen molar-refractivity contribution < 1.29 is 9.90 Å². The Morgan fingerprint density at radius 2 is 1.26 bits per heavy atom. The van der Waals surface area contributed by atoms with Crippen LogP contribution in [0.25, 0.3) is 0 Å². The molecule has 0 radical (unpaired) electrons. The molecule has 0 amide bonds. The largest absolute Gasteiger partial charge is 0.481 e. The Kier molecular flexibility index (Phi) is 26.9. The normalized spacial score (nSPS) is 11.7. The Bertz CT molecular complexity index is 286. The lowest BCUT2D eigenvalue weighted by Gasteiger charge is -2.09. The second-order valence-corrected chi connectivity index (χ2v) is 7.78. The molecule has 4 nitrogen and oxygen atoms in total. The van der Waals surface area contributed by atoms with Crippen LogP contribution in [0.4, 0.5) is 0 Å². The molecule has 0 aliphatic rings. The van der Waals surface area contributed by atoms with E-state index in [9.17, 15) is 4.79 Å². The molecule has 0 fully saturated rings. The van der Waals surface area contributed by atoms with Crippen LogP contribution in [0.5, 0.6) is 0 Å². The smallest absolute Gasteiger partial charge is 0.303 e. The number of unbranched alkanes of at least 4 members (excludes halogenated alkanes) is 12. The van der Waals surface area contributed by atoms with Gasteiger partial charge < -0.3 is 16.2 Å². The molecule has 27 heavy (non-hydrogen) atoms. The lowest BCUT2D eigenvalue weighted by molar-refractivity contribution is -0.137. The number of carboxylic acid groups (broad SMARTS) is 1. The van der Waals surface area contributed by atoms with Crippen molar-refractivity contribution >= 4 is 5.97 Å². The highest BCUT2D eigenvalue weighted by Crippen LogP contribution is 2.12. The average Bonchev–Trinajstić information content (AvgIpc) is 2.64. The van der Waals surface area contributed by atoms with Crippen LogP contribution in [-0.2, 0) is 4.79 Å². The van der Waals surface area contributed by atoms with Crippen LogP contribution >= 0.6 is 0 Å². The maximum absolute atomic E-state index is 10.3. The average molecular weight is 387 g/mol. The van der Waals surface area contributed by atoms with E-state index in [4.69, 9.17) is 10.8 Å². The van der Waals surface area contributed by atoms with Crippen molar-refractivity contribution in [2.75, 3.05) is 13.1 Å². The van der Waals surface area contributed by atoms with Gasteiger partial charge in [0.1, 0.15) is 0 Å². The van der Waals surface area contributed by atoms with Gasteiger partial charge in [0.2, 0.25) is 0 Å². The zero-order chi connectivity index (χ0) is 20.6. The van der Waals surface area contributed by atoms with Gasteiger partial charge in [-0.2, -0.15) is 0 Å². The molecule has 4 N–H and O–H groups in total. The Morgan fingerprint density at radius 3 is 1.63 bits per heavy atom. The molecule has 0 saturated carbocycles. The zero-order valence-corrected chi connectivity index (χ0v) is 18.7. The molecule has 0 aromatic carbocycles. The predicted molar refractivity (Wildman–Crippen MR) is 119 cm³/mol. The minimum absolute atomic E-state index is 0.345. The Morgan fingerprint density at radius 1 is 0.815 bits per heavy atom. The van der Waals surface area contributed by atoms with E-state index in [1.165, 1.54) is 77.0 Å². The summed E-state index contributed by atoms with van der Waals surface area (Å²) in [6, 6.07) is 0.638. The molecule has 0 aromatic heterocycles. The summed E-state index contributed by atoms with van der Waals surface area (Å²) in [6.07, 6.45) is 19.6. The third kappa shape index (κ3) is 30.4. The highest BCUT2D eigenvalue weighted by molar-refractivity contribution is 5.66. The summed E-state index contributed by atoms with van der Waals surface area (Å²) in [7, 11) is 0. The second-order valence-electron chi connectivity index (χ2n) is 7.78. The third-order valence-corrected chi connectivity index (χ3v) is 4.89. The molecule has 1 atom stereocenters. The standard InChI is InChI=1S/C16H32O2.C7H18N2/c1-2-3-4-5-6-7-8-9-10-11-12-13-14-15-16(17)18;1-3-9-7(2)5-4-6-8/h2-15H2,1H3,(H,17,18);7,9H,3-6,8H2,1-2H3. The number of nitrogens with two attached hydrogens (primary N) is 1. The van der Waals surface area contributed by atoms with Crippen molar-refractivity contribution in [2.45, 2.75) is 130 Å². The summed E-state index contributed by atoms with van der Waals surface area (Å²) < 4.78 is 0. The molecule has 0 spiro atoms. The fourth-order valence-electron chi connectivity index (χ4n) is 3.17. The van der Waals surface area contributed by atoms with E-state index in [1.54, 1.807) is 0 Å². The van der Waals surface area contributed by atoms with Gasteiger partial charge in [0, 0.05) is 12.5 Å². The molecule has 0 heterocycles. The van der Waals surface area contributed by atoms with E-state index in [0.29, 0.717) is 12.5 Å². The minimum atomic E-state index is -0.655. The molecule has 4 heteroatoms. The van der Waals surface area contributed by atoms with E-state index in [2.05, 4.69) is 26.1 Å². The molecule has 164 valence electrons. The first-order valence-corrected chi connectivity index (χ1v) is 11.7. The minimum Gasteiger partial charge on any atom is -0.481 e. The number of carboxylic acids is 1. The van der Waals surface area contributed by atoms with Crippen LogP contribution < -0.4 is 11.1 Å². The number of rotatable bonds is 19. The van der Waals surface area contributed by atoms with Gasteiger partial charge in [0.05, 0.1) is 0 Å². The molecule has 0 aliphatic carbocycles. The topological polar surface area (TPSA) is 75.3 Å². The van der Waals surface area contributed by atoms with Crippen molar-refractivity contribution in [1.82, 2.24) is 5.32 Å². The van der Waals surface area contributed by atoms with Crippen LogP contribution in [0.15, 0.2) is 0 Å². The summed E-state index contributed by atoms with van der Waals surface area (Å²) in [4.78, 5) is 10.3. The molecular weight excluding hydrogens is 336 g/mol. The monoisotopic (exact) mass is 386 g/mol. The van der Waals surface area contributed by atoms with Crippen LogP contribution in [0.3, 0.4) is 0 Å². The van der Waals surface area contributed by atoms with E-state index in [1.807, 2.05) is 0 Å². The molecule has 0 aliphatic heterocycles. The lowest BCUT2D eigenvalue weighted by Crippen LogP contribution is -2.25. The number of hydrogen-bond donors (Lipinski definition) is 3. The summed E-state index contributed by atoms with van der Waals surface area (Å²) >= 11 is 0. The van der Waals surface area contributed by atoms with Crippen molar-refractivity contribution in [3.8, 4) is 0 Å². The SMILES string of the molecule is CCCCCCCCCCCCCCCC(=O)O.CCNC(C)CCCN. The summed E-state index contributed by atoms with van der Waals surface area (Å²) in [6.45, 7) is 8.45. The van der Waals surface area contributed by atoms with Gasteiger partial charge in [0.15, 0.2) is 0 Å². The molecule has 1 unspecified atom stereocenters. The van der Waals surface area contributed by atoms with E-state index >= 15 is 0 Å². The van der Waals surface area contributed by atoms with Crippen LogP contribution in [0.2, 0.25) is 0 Å². The molecule has 0 aromatic rings. The summed E-state index contributed by atoms with van der Waals surface area (Å²) in [5.41, 5.74) is 5.35. The zero-order valence-electron chi connectivity index (χ0n) is 18.7. The lowest BCUT2D eigenvalue weighted by atomic mass is 10.0. The molecule has 0 bridgehead atoms. The van der Waals surface area contributed by atoms with E-state index < -0.39 is 5.97 Å². The first-order chi connectivity index (χ1) is 13.1. The highest BCUT2D eigenvalue weighted by Gasteiger charge is 1.97. The fraction of sp³-hybridized carbons (Fsp3) is 0.957. The Balaban J connectivity index is 0. The second kappa shape index (κ2) is 25.4. The highest BCUT2D eigenvalue weighted by atomic mass is 16.4. The third-order valence-electron chi connectivity index (χ3n) is 4.89. The van der Waals surface area contributed by atoms with Crippen molar-refractivity contribution in [3.63, 3.8) is 0 Å². The fourth-order valence-corrected chi connectivity index (χ4v) is 3.17. The van der Waals surface area contributed by atoms with E-state index in [0.717, 1.165) is 32.4 Å². The van der Waals surface area contributed by atoms with Crippen molar-refractivity contribution in [2.24, 2.45) is 5.73 Å². The number of hydrogen-bond acceptors (Lipinski definition) is 3. The van der Waals surface area contributed by atoms with Crippen molar-refractivity contribution in [1.29, 1.82) is 0 Å². The quantitative estimate of drug-likeness (QED) is 0.228.